The number of carbonyl (C=O) groups is 1. The Morgan fingerprint density at radius 2 is 1.91 bits per heavy atom. The van der Waals surface area contributed by atoms with E-state index < -0.39 is 0 Å². The first-order valence-electron chi connectivity index (χ1n) is 3.90. The minimum atomic E-state index is 0.113. The summed E-state index contributed by atoms with van der Waals surface area (Å²) in [5.41, 5.74) is 0.807. The van der Waals surface area contributed by atoms with E-state index in [2.05, 4.69) is 0 Å². The van der Waals surface area contributed by atoms with Crippen molar-refractivity contribution in [1.82, 2.24) is 4.90 Å². The quantitative estimate of drug-likeness (QED) is 0.557. The topological polar surface area (TPSA) is 20.3 Å². The molecule has 1 amide bonds. The molecule has 0 atom stereocenters. The Morgan fingerprint density at radius 3 is 2.18 bits per heavy atom. The summed E-state index contributed by atoms with van der Waals surface area (Å²) in [6.45, 7) is 7.71. The van der Waals surface area contributed by atoms with Gasteiger partial charge in [-0.2, -0.15) is 0 Å². The van der Waals surface area contributed by atoms with Crippen molar-refractivity contribution in [2.24, 2.45) is 0 Å². The van der Waals surface area contributed by atoms with Gasteiger partial charge >= 0.3 is 0 Å². The lowest BCUT2D eigenvalue weighted by Crippen LogP contribution is -2.33. The maximum atomic E-state index is 11.4. The van der Waals surface area contributed by atoms with Gasteiger partial charge in [0.15, 0.2) is 0 Å². The standard InChI is InChI=1S/C9H17NO/c1-6-8(4)9(11)10(5)7(2)3/h6-7H,1-5H3/b8-6-. The fraction of sp³-hybridized carbons (Fsp3) is 0.667. The maximum absolute atomic E-state index is 11.4. The van der Waals surface area contributed by atoms with Crippen LogP contribution in [0.3, 0.4) is 0 Å². The Kier molecular flexibility index (Phi) is 3.86. The Hall–Kier alpha value is -0.790. The molecule has 0 fully saturated rings. The lowest BCUT2D eigenvalue weighted by atomic mass is 10.2. The molecule has 0 saturated carbocycles. The number of nitrogens with zero attached hydrogens (tertiary/aromatic N) is 1. The number of hydrogen-bond donors (Lipinski definition) is 0. The average molecular weight is 155 g/mol. The monoisotopic (exact) mass is 155 g/mol. The van der Waals surface area contributed by atoms with Crippen molar-refractivity contribution in [1.29, 1.82) is 0 Å². The molecule has 0 saturated heterocycles. The van der Waals surface area contributed by atoms with Crippen LogP contribution in [0.2, 0.25) is 0 Å². The van der Waals surface area contributed by atoms with Gasteiger partial charge in [0.05, 0.1) is 0 Å². The molecule has 11 heavy (non-hydrogen) atoms. The molecule has 0 aromatic carbocycles. The van der Waals surface area contributed by atoms with Crippen molar-refractivity contribution in [2.45, 2.75) is 33.7 Å². The third kappa shape index (κ3) is 2.74. The zero-order chi connectivity index (χ0) is 9.02. The van der Waals surface area contributed by atoms with Crippen LogP contribution in [0, 0.1) is 0 Å². The van der Waals surface area contributed by atoms with E-state index in [0.717, 1.165) is 5.57 Å². The lowest BCUT2D eigenvalue weighted by molar-refractivity contribution is -0.127. The minimum absolute atomic E-state index is 0.113. The summed E-state index contributed by atoms with van der Waals surface area (Å²) in [4.78, 5) is 13.1. The van der Waals surface area contributed by atoms with Gasteiger partial charge in [0.2, 0.25) is 5.91 Å². The fourth-order valence-corrected chi connectivity index (χ4v) is 0.636. The third-order valence-electron chi connectivity index (χ3n) is 1.87. The zero-order valence-electron chi connectivity index (χ0n) is 8.01. The number of amides is 1. The van der Waals surface area contributed by atoms with Crippen molar-refractivity contribution in [3.05, 3.63) is 11.6 Å². The van der Waals surface area contributed by atoms with Crippen LogP contribution in [0.25, 0.3) is 0 Å². The number of carbonyl (C=O) groups excluding carboxylic acids is 1. The molecule has 2 heteroatoms. The van der Waals surface area contributed by atoms with Crippen molar-refractivity contribution in [3.8, 4) is 0 Å². The van der Waals surface area contributed by atoms with Crippen LogP contribution in [-0.2, 0) is 4.79 Å². The van der Waals surface area contributed by atoms with Crippen LogP contribution < -0.4 is 0 Å². The summed E-state index contributed by atoms with van der Waals surface area (Å²) < 4.78 is 0. The lowest BCUT2D eigenvalue weighted by Gasteiger charge is -2.21. The average Bonchev–Trinajstić information content (AvgIpc) is 2.00. The molecule has 0 aliphatic heterocycles. The molecule has 0 aliphatic carbocycles. The molecular formula is C9H17NO. The van der Waals surface area contributed by atoms with E-state index in [1.165, 1.54) is 0 Å². The van der Waals surface area contributed by atoms with E-state index in [-0.39, 0.29) is 11.9 Å². The molecule has 0 bridgehead atoms. The Bertz CT molecular complexity index is 170. The van der Waals surface area contributed by atoms with Crippen molar-refractivity contribution >= 4 is 5.91 Å². The molecule has 0 spiro atoms. The van der Waals surface area contributed by atoms with E-state index in [1.807, 2.05) is 40.8 Å². The second-order valence-corrected chi connectivity index (χ2v) is 2.98. The van der Waals surface area contributed by atoms with Gasteiger partial charge < -0.3 is 4.90 Å². The van der Waals surface area contributed by atoms with E-state index in [1.54, 1.807) is 4.90 Å². The molecule has 0 unspecified atom stereocenters. The first kappa shape index (κ1) is 10.2. The normalized spacial score (nSPS) is 12.0. The number of allylic oxidation sites excluding steroid dienone is 1. The maximum Gasteiger partial charge on any atom is 0.249 e. The van der Waals surface area contributed by atoms with E-state index in [9.17, 15) is 4.79 Å². The van der Waals surface area contributed by atoms with Gasteiger partial charge in [0.25, 0.3) is 0 Å². The highest BCUT2D eigenvalue weighted by Crippen LogP contribution is 2.02. The molecule has 0 heterocycles. The molecule has 64 valence electrons. The van der Waals surface area contributed by atoms with Gasteiger partial charge in [-0.05, 0) is 27.7 Å². The van der Waals surface area contributed by atoms with Crippen LogP contribution in [0.1, 0.15) is 27.7 Å². The van der Waals surface area contributed by atoms with E-state index in [0.29, 0.717) is 0 Å². The smallest absolute Gasteiger partial charge is 0.249 e. The summed E-state index contributed by atoms with van der Waals surface area (Å²) in [7, 11) is 1.82. The predicted molar refractivity (Wildman–Crippen MR) is 47.3 cm³/mol. The largest absolute Gasteiger partial charge is 0.340 e. The van der Waals surface area contributed by atoms with Gasteiger partial charge in [0, 0.05) is 18.7 Å². The first-order valence-corrected chi connectivity index (χ1v) is 3.90. The fourth-order valence-electron chi connectivity index (χ4n) is 0.636. The molecule has 0 aliphatic rings. The van der Waals surface area contributed by atoms with Gasteiger partial charge in [-0.3, -0.25) is 4.79 Å². The van der Waals surface area contributed by atoms with Gasteiger partial charge in [-0.25, -0.2) is 0 Å². The number of rotatable bonds is 2. The Morgan fingerprint density at radius 1 is 1.45 bits per heavy atom. The summed E-state index contributed by atoms with van der Waals surface area (Å²) >= 11 is 0. The van der Waals surface area contributed by atoms with E-state index >= 15 is 0 Å². The molecule has 0 N–H and O–H groups in total. The number of hydrogen-bond acceptors (Lipinski definition) is 1. The van der Waals surface area contributed by atoms with Gasteiger partial charge in [-0.15, -0.1) is 0 Å². The molecule has 0 aromatic heterocycles. The zero-order valence-corrected chi connectivity index (χ0v) is 8.01. The molecule has 2 nitrogen and oxygen atoms in total. The molecule has 0 radical (unpaired) electrons. The van der Waals surface area contributed by atoms with Crippen LogP contribution in [-0.4, -0.2) is 23.9 Å². The van der Waals surface area contributed by atoms with Gasteiger partial charge in [-0.1, -0.05) is 6.08 Å². The second-order valence-electron chi connectivity index (χ2n) is 2.98. The minimum Gasteiger partial charge on any atom is -0.340 e. The predicted octanol–water partition coefficient (Wildman–Crippen LogP) is 1.82. The Balaban J connectivity index is 4.26. The van der Waals surface area contributed by atoms with Crippen LogP contribution in [0.15, 0.2) is 11.6 Å². The molecule has 0 rings (SSSR count). The highest BCUT2D eigenvalue weighted by atomic mass is 16.2. The summed E-state index contributed by atoms with van der Waals surface area (Å²) in [5.74, 6) is 0.113. The van der Waals surface area contributed by atoms with Gasteiger partial charge in [0.1, 0.15) is 0 Å². The summed E-state index contributed by atoms with van der Waals surface area (Å²) in [6, 6.07) is 0.275. The third-order valence-corrected chi connectivity index (χ3v) is 1.87. The summed E-state index contributed by atoms with van der Waals surface area (Å²) in [6.07, 6.45) is 1.83. The highest BCUT2D eigenvalue weighted by molar-refractivity contribution is 5.92. The van der Waals surface area contributed by atoms with Crippen molar-refractivity contribution < 1.29 is 4.79 Å². The first-order chi connectivity index (χ1) is 5.00. The van der Waals surface area contributed by atoms with Crippen molar-refractivity contribution in [3.63, 3.8) is 0 Å². The molecular weight excluding hydrogens is 138 g/mol. The highest BCUT2D eigenvalue weighted by Gasteiger charge is 2.11. The number of likely N-dealkylation sites (N-methyl/N-ethyl adjacent to an activating group) is 1. The molecule has 0 aromatic rings. The Labute approximate surface area is 68.9 Å². The van der Waals surface area contributed by atoms with E-state index in [4.69, 9.17) is 0 Å². The second kappa shape index (κ2) is 4.16. The van der Waals surface area contributed by atoms with Crippen molar-refractivity contribution in [2.75, 3.05) is 7.05 Å². The SMILES string of the molecule is C/C=C(/C)C(=O)N(C)C(C)C. The van der Waals surface area contributed by atoms with Crippen LogP contribution in [0.5, 0.6) is 0 Å². The van der Waals surface area contributed by atoms with Crippen LogP contribution in [0.4, 0.5) is 0 Å². The van der Waals surface area contributed by atoms with Crippen LogP contribution >= 0.6 is 0 Å². The summed E-state index contributed by atoms with van der Waals surface area (Å²) in [5, 5.41) is 0.